The zero-order valence-corrected chi connectivity index (χ0v) is 17.7. The SMILES string of the molecule is NC(=O)CN1Cc2ccccc2C1c1ncc(C(=O)C2CCOC(c3ccco3)C2)s1. The molecule has 3 unspecified atom stereocenters. The van der Waals surface area contributed by atoms with Crippen molar-refractivity contribution in [3.8, 4) is 0 Å². The smallest absolute Gasteiger partial charge is 0.231 e. The molecule has 7 nitrogen and oxygen atoms in total. The molecule has 1 saturated heterocycles. The molecule has 0 saturated carbocycles. The molecule has 1 amide bonds. The van der Waals surface area contributed by atoms with E-state index in [1.165, 1.54) is 11.3 Å². The highest BCUT2D eigenvalue weighted by molar-refractivity contribution is 7.13. The maximum Gasteiger partial charge on any atom is 0.231 e. The number of nitrogens with zero attached hydrogens (tertiary/aromatic N) is 2. The molecule has 2 aliphatic rings. The van der Waals surface area contributed by atoms with Gasteiger partial charge in [-0.05, 0) is 36.1 Å². The molecule has 31 heavy (non-hydrogen) atoms. The van der Waals surface area contributed by atoms with E-state index in [2.05, 4.69) is 17.1 Å². The Morgan fingerprint density at radius 1 is 1.23 bits per heavy atom. The van der Waals surface area contributed by atoms with E-state index in [1.54, 1.807) is 12.5 Å². The van der Waals surface area contributed by atoms with Crippen LogP contribution < -0.4 is 5.73 Å². The molecule has 2 N–H and O–H groups in total. The van der Waals surface area contributed by atoms with Crippen LogP contribution in [0.25, 0.3) is 0 Å². The van der Waals surface area contributed by atoms with Gasteiger partial charge in [0.05, 0.1) is 23.7 Å². The van der Waals surface area contributed by atoms with Gasteiger partial charge in [-0.15, -0.1) is 11.3 Å². The summed E-state index contributed by atoms with van der Waals surface area (Å²) in [7, 11) is 0. The zero-order valence-electron chi connectivity index (χ0n) is 16.9. The summed E-state index contributed by atoms with van der Waals surface area (Å²) in [6, 6.07) is 11.6. The normalized spacial score (nSPS) is 23.5. The molecule has 1 fully saturated rings. The fourth-order valence-corrected chi connectivity index (χ4v) is 5.62. The Hall–Kier alpha value is -2.81. The number of furan rings is 1. The third-order valence-corrected chi connectivity index (χ3v) is 7.03. The first-order valence-corrected chi connectivity index (χ1v) is 11.2. The molecule has 3 atom stereocenters. The maximum atomic E-state index is 13.2. The van der Waals surface area contributed by atoms with E-state index < -0.39 is 0 Å². The Kier molecular flexibility index (Phi) is 5.43. The molecule has 0 spiro atoms. The number of fused-ring (bicyclic) bond motifs is 1. The van der Waals surface area contributed by atoms with Gasteiger partial charge in [0.15, 0.2) is 5.78 Å². The van der Waals surface area contributed by atoms with Crippen LogP contribution in [-0.4, -0.2) is 34.7 Å². The quantitative estimate of drug-likeness (QED) is 0.593. The maximum absolute atomic E-state index is 13.2. The second-order valence-electron chi connectivity index (χ2n) is 8.00. The first kappa shape index (κ1) is 20.1. The van der Waals surface area contributed by atoms with Crippen LogP contribution >= 0.6 is 11.3 Å². The fourth-order valence-electron chi connectivity index (χ4n) is 4.53. The molecule has 1 aromatic carbocycles. The lowest BCUT2D eigenvalue weighted by atomic mass is 9.90. The number of thiazole rings is 1. The van der Waals surface area contributed by atoms with Gasteiger partial charge in [-0.25, -0.2) is 4.98 Å². The summed E-state index contributed by atoms with van der Waals surface area (Å²) in [6.07, 6.45) is 4.38. The van der Waals surface area contributed by atoms with E-state index in [-0.39, 0.29) is 36.3 Å². The predicted octanol–water partition coefficient (Wildman–Crippen LogP) is 3.48. The number of hydrogen-bond acceptors (Lipinski definition) is 7. The summed E-state index contributed by atoms with van der Waals surface area (Å²) >= 11 is 1.41. The minimum absolute atomic E-state index is 0.0938. The van der Waals surface area contributed by atoms with Crippen molar-refractivity contribution in [2.75, 3.05) is 13.2 Å². The van der Waals surface area contributed by atoms with Gasteiger partial charge in [0.2, 0.25) is 5.91 Å². The van der Waals surface area contributed by atoms with Crippen LogP contribution in [0.15, 0.2) is 53.3 Å². The topological polar surface area (TPSA) is 98.7 Å². The van der Waals surface area contributed by atoms with Crippen LogP contribution in [0.4, 0.5) is 0 Å². The average molecular weight is 438 g/mol. The summed E-state index contributed by atoms with van der Waals surface area (Å²) in [5.74, 6) is 0.343. The van der Waals surface area contributed by atoms with Crippen molar-refractivity contribution in [3.05, 3.63) is 75.6 Å². The molecular weight excluding hydrogens is 414 g/mol. The standard InChI is InChI=1S/C23H23N3O4S/c24-20(27)13-26-12-15-4-1-2-5-16(15)21(26)23-25-11-19(31-23)22(28)14-7-9-30-18(10-14)17-6-3-8-29-17/h1-6,8,11,14,18,21H,7,9-10,12-13H2,(H2,24,27). The Balaban J connectivity index is 1.37. The fraction of sp³-hybridized carbons (Fsp3) is 0.348. The molecule has 3 aromatic rings. The summed E-state index contributed by atoms with van der Waals surface area (Å²) < 4.78 is 11.3. The molecule has 2 aliphatic heterocycles. The van der Waals surface area contributed by atoms with Crippen LogP contribution in [-0.2, 0) is 16.1 Å². The molecule has 8 heteroatoms. The van der Waals surface area contributed by atoms with Crippen molar-refractivity contribution in [3.63, 3.8) is 0 Å². The lowest BCUT2D eigenvalue weighted by molar-refractivity contribution is -0.119. The van der Waals surface area contributed by atoms with Crippen LogP contribution in [0.1, 0.15) is 56.6 Å². The van der Waals surface area contributed by atoms with Gasteiger partial charge in [0.1, 0.15) is 16.9 Å². The average Bonchev–Trinajstić information content (AvgIpc) is 3.52. The second-order valence-corrected chi connectivity index (χ2v) is 9.06. The van der Waals surface area contributed by atoms with Crippen molar-refractivity contribution in [1.29, 1.82) is 0 Å². The molecule has 160 valence electrons. The van der Waals surface area contributed by atoms with Crippen molar-refractivity contribution in [2.45, 2.75) is 31.5 Å². The number of ketones is 1. The van der Waals surface area contributed by atoms with Gasteiger partial charge in [-0.3, -0.25) is 14.5 Å². The van der Waals surface area contributed by atoms with Crippen LogP contribution in [0.5, 0.6) is 0 Å². The summed E-state index contributed by atoms with van der Waals surface area (Å²) in [4.78, 5) is 32.1. The molecule has 0 aliphatic carbocycles. The minimum atomic E-state index is -0.378. The molecule has 0 radical (unpaired) electrons. The summed E-state index contributed by atoms with van der Waals surface area (Å²) in [5, 5.41) is 0.809. The number of Topliss-reactive ketones (excluding diaryl/α,β-unsaturated/α-hetero) is 1. The third-order valence-electron chi connectivity index (χ3n) is 5.96. The Bertz CT molecular complexity index is 1090. The van der Waals surface area contributed by atoms with Crippen molar-refractivity contribution in [1.82, 2.24) is 9.88 Å². The van der Waals surface area contributed by atoms with Crippen LogP contribution in [0.3, 0.4) is 0 Å². The monoisotopic (exact) mass is 437 g/mol. The highest BCUT2D eigenvalue weighted by Crippen LogP contribution is 2.41. The van der Waals surface area contributed by atoms with Gasteiger partial charge in [0.25, 0.3) is 0 Å². The first-order valence-electron chi connectivity index (χ1n) is 10.3. The highest BCUT2D eigenvalue weighted by atomic mass is 32.1. The Morgan fingerprint density at radius 3 is 2.90 bits per heavy atom. The number of amides is 1. The molecular formula is C23H23N3O4S. The van der Waals surface area contributed by atoms with E-state index in [9.17, 15) is 9.59 Å². The number of nitrogens with two attached hydrogens (primary N) is 1. The number of carbonyl (C=O) groups is 2. The van der Waals surface area contributed by atoms with E-state index in [4.69, 9.17) is 14.9 Å². The van der Waals surface area contributed by atoms with E-state index >= 15 is 0 Å². The summed E-state index contributed by atoms with van der Waals surface area (Å²) in [6.45, 7) is 1.31. The molecule has 4 heterocycles. The Labute approximate surface area is 183 Å². The van der Waals surface area contributed by atoms with Crippen molar-refractivity contribution >= 4 is 23.0 Å². The number of aromatic nitrogens is 1. The molecule has 5 rings (SSSR count). The highest BCUT2D eigenvalue weighted by Gasteiger charge is 2.36. The van der Waals surface area contributed by atoms with Gasteiger partial charge in [-0.2, -0.15) is 0 Å². The number of hydrogen-bond donors (Lipinski definition) is 1. The molecule has 0 bridgehead atoms. The van der Waals surface area contributed by atoms with Crippen LogP contribution in [0, 0.1) is 5.92 Å². The van der Waals surface area contributed by atoms with E-state index in [1.807, 2.05) is 29.2 Å². The van der Waals surface area contributed by atoms with Gasteiger partial charge in [-0.1, -0.05) is 24.3 Å². The van der Waals surface area contributed by atoms with E-state index in [0.717, 1.165) is 21.9 Å². The van der Waals surface area contributed by atoms with Crippen LogP contribution in [0.2, 0.25) is 0 Å². The molecule has 2 aromatic heterocycles. The predicted molar refractivity (Wildman–Crippen MR) is 114 cm³/mol. The number of benzene rings is 1. The van der Waals surface area contributed by atoms with Gasteiger partial charge >= 0.3 is 0 Å². The number of ether oxygens (including phenoxy) is 1. The van der Waals surface area contributed by atoms with E-state index in [0.29, 0.717) is 30.9 Å². The number of rotatable bonds is 6. The second kappa shape index (κ2) is 8.37. The van der Waals surface area contributed by atoms with Crippen molar-refractivity contribution in [2.24, 2.45) is 11.7 Å². The summed E-state index contributed by atoms with van der Waals surface area (Å²) in [5.41, 5.74) is 7.75. The van der Waals surface area contributed by atoms with Gasteiger partial charge in [0, 0.05) is 25.3 Å². The Morgan fingerprint density at radius 2 is 2.10 bits per heavy atom. The number of carbonyl (C=O) groups excluding carboxylic acids is 2. The number of primary amides is 1. The largest absolute Gasteiger partial charge is 0.467 e. The van der Waals surface area contributed by atoms with Gasteiger partial charge < -0.3 is 14.9 Å². The minimum Gasteiger partial charge on any atom is -0.467 e. The van der Waals surface area contributed by atoms with Crippen molar-refractivity contribution < 1.29 is 18.7 Å². The lowest BCUT2D eigenvalue weighted by Crippen LogP contribution is -2.33. The zero-order chi connectivity index (χ0) is 21.4. The first-order chi connectivity index (χ1) is 15.1. The lowest BCUT2D eigenvalue weighted by Gasteiger charge is -2.27. The third kappa shape index (κ3) is 3.94.